The molecule has 0 radical (unpaired) electrons. The van der Waals surface area contributed by atoms with E-state index in [9.17, 15) is 9.90 Å². The summed E-state index contributed by atoms with van der Waals surface area (Å²) in [7, 11) is 0. The standard InChI is InChI=1S/C13H17NO3/c1-13(2)12(16)14-10-6-4-3-5-9(10)11(15)7-8-17-13/h3-6,11,15H,7-8H2,1-2H3,(H,14,16). The Morgan fingerprint density at radius 1 is 1.41 bits per heavy atom. The van der Waals surface area contributed by atoms with Gasteiger partial charge >= 0.3 is 0 Å². The van der Waals surface area contributed by atoms with Gasteiger partial charge in [-0.2, -0.15) is 0 Å². The van der Waals surface area contributed by atoms with Gasteiger partial charge in [-0.25, -0.2) is 0 Å². The molecule has 4 heteroatoms. The van der Waals surface area contributed by atoms with Gasteiger partial charge in [0.2, 0.25) is 0 Å². The van der Waals surface area contributed by atoms with Crippen molar-refractivity contribution in [1.29, 1.82) is 0 Å². The van der Waals surface area contributed by atoms with Gasteiger partial charge in [0.15, 0.2) is 0 Å². The van der Waals surface area contributed by atoms with E-state index >= 15 is 0 Å². The number of benzene rings is 1. The first kappa shape index (κ1) is 12.1. The highest BCUT2D eigenvalue weighted by Gasteiger charge is 2.31. The van der Waals surface area contributed by atoms with Crippen LogP contribution in [0.25, 0.3) is 0 Å². The number of para-hydroxylation sites is 1. The maximum absolute atomic E-state index is 12.0. The summed E-state index contributed by atoms with van der Waals surface area (Å²) in [6.45, 7) is 3.81. The van der Waals surface area contributed by atoms with Crippen LogP contribution in [0.2, 0.25) is 0 Å². The zero-order chi connectivity index (χ0) is 12.5. The number of rotatable bonds is 0. The molecule has 1 amide bonds. The van der Waals surface area contributed by atoms with Gasteiger partial charge in [-0.05, 0) is 19.9 Å². The number of hydrogen-bond donors (Lipinski definition) is 2. The maximum atomic E-state index is 12.0. The number of fused-ring (bicyclic) bond motifs is 1. The molecule has 1 aliphatic rings. The van der Waals surface area contributed by atoms with Crippen molar-refractivity contribution in [2.45, 2.75) is 32.0 Å². The van der Waals surface area contributed by atoms with Crippen molar-refractivity contribution in [3.8, 4) is 0 Å². The van der Waals surface area contributed by atoms with Crippen molar-refractivity contribution in [3.63, 3.8) is 0 Å². The fraction of sp³-hybridized carbons (Fsp3) is 0.462. The number of hydrogen-bond acceptors (Lipinski definition) is 3. The number of amides is 1. The van der Waals surface area contributed by atoms with Crippen LogP contribution < -0.4 is 5.32 Å². The van der Waals surface area contributed by atoms with E-state index in [2.05, 4.69) is 5.32 Å². The number of aliphatic hydroxyl groups is 1. The Balaban J connectivity index is 2.38. The molecule has 1 heterocycles. The summed E-state index contributed by atoms with van der Waals surface area (Å²) in [4.78, 5) is 12.0. The Kier molecular flexibility index (Phi) is 3.17. The Labute approximate surface area is 101 Å². The highest BCUT2D eigenvalue weighted by atomic mass is 16.5. The lowest BCUT2D eigenvalue weighted by Crippen LogP contribution is -2.39. The molecule has 1 aromatic carbocycles. The Morgan fingerprint density at radius 3 is 2.88 bits per heavy atom. The molecule has 0 aliphatic carbocycles. The molecule has 0 spiro atoms. The minimum absolute atomic E-state index is 0.195. The van der Waals surface area contributed by atoms with E-state index in [4.69, 9.17) is 4.74 Å². The number of aliphatic hydroxyl groups excluding tert-OH is 1. The third kappa shape index (κ3) is 2.48. The first-order valence-corrected chi connectivity index (χ1v) is 5.73. The van der Waals surface area contributed by atoms with Crippen LogP contribution in [-0.2, 0) is 9.53 Å². The summed E-state index contributed by atoms with van der Waals surface area (Å²) in [5.41, 5.74) is 0.516. The van der Waals surface area contributed by atoms with Crippen LogP contribution >= 0.6 is 0 Å². The van der Waals surface area contributed by atoms with Crippen molar-refractivity contribution in [2.24, 2.45) is 0 Å². The molecule has 92 valence electrons. The van der Waals surface area contributed by atoms with E-state index in [0.717, 1.165) is 5.56 Å². The zero-order valence-electron chi connectivity index (χ0n) is 10.1. The van der Waals surface area contributed by atoms with Crippen LogP contribution in [0.5, 0.6) is 0 Å². The fourth-order valence-electron chi connectivity index (χ4n) is 1.82. The van der Waals surface area contributed by atoms with E-state index in [-0.39, 0.29) is 5.91 Å². The predicted molar refractivity (Wildman–Crippen MR) is 64.7 cm³/mol. The van der Waals surface area contributed by atoms with Crippen LogP contribution in [0.4, 0.5) is 5.69 Å². The van der Waals surface area contributed by atoms with Crippen molar-refractivity contribution < 1.29 is 14.6 Å². The number of nitrogens with one attached hydrogen (secondary N) is 1. The van der Waals surface area contributed by atoms with Gasteiger partial charge in [0.25, 0.3) is 5.91 Å². The van der Waals surface area contributed by atoms with Gasteiger partial charge in [0.05, 0.1) is 12.7 Å². The molecule has 0 saturated carbocycles. The van der Waals surface area contributed by atoms with Crippen LogP contribution in [-0.4, -0.2) is 23.2 Å². The van der Waals surface area contributed by atoms with Crippen molar-refractivity contribution in [1.82, 2.24) is 0 Å². The summed E-state index contributed by atoms with van der Waals surface area (Å²) in [6, 6.07) is 7.28. The van der Waals surface area contributed by atoms with Crippen LogP contribution in [0.15, 0.2) is 24.3 Å². The van der Waals surface area contributed by atoms with Gasteiger partial charge < -0.3 is 15.2 Å². The van der Waals surface area contributed by atoms with E-state index in [0.29, 0.717) is 18.7 Å². The van der Waals surface area contributed by atoms with E-state index in [1.165, 1.54) is 0 Å². The predicted octanol–water partition coefficient (Wildman–Crippen LogP) is 1.86. The lowest BCUT2D eigenvalue weighted by molar-refractivity contribution is -0.137. The van der Waals surface area contributed by atoms with E-state index in [1.807, 2.05) is 18.2 Å². The molecule has 1 aromatic rings. The van der Waals surface area contributed by atoms with Gasteiger partial charge in [0.1, 0.15) is 5.60 Å². The maximum Gasteiger partial charge on any atom is 0.256 e. The van der Waals surface area contributed by atoms with Crippen LogP contribution in [0.3, 0.4) is 0 Å². The second-order valence-corrected chi connectivity index (χ2v) is 4.70. The summed E-state index contributed by atoms with van der Waals surface area (Å²) >= 11 is 0. The third-order valence-corrected chi connectivity index (χ3v) is 2.97. The van der Waals surface area contributed by atoms with Gasteiger partial charge in [0, 0.05) is 17.7 Å². The molecule has 17 heavy (non-hydrogen) atoms. The fourth-order valence-corrected chi connectivity index (χ4v) is 1.82. The minimum atomic E-state index is -0.878. The van der Waals surface area contributed by atoms with Crippen LogP contribution in [0.1, 0.15) is 31.9 Å². The van der Waals surface area contributed by atoms with E-state index < -0.39 is 11.7 Å². The monoisotopic (exact) mass is 235 g/mol. The minimum Gasteiger partial charge on any atom is -0.388 e. The molecule has 0 aromatic heterocycles. The van der Waals surface area contributed by atoms with Gasteiger partial charge in [-0.15, -0.1) is 0 Å². The van der Waals surface area contributed by atoms with Crippen molar-refractivity contribution in [3.05, 3.63) is 29.8 Å². The largest absolute Gasteiger partial charge is 0.388 e. The average molecular weight is 235 g/mol. The topological polar surface area (TPSA) is 58.6 Å². The Hall–Kier alpha value is -1.39. The highest BCUT2D eigenvalue weighted by molar-refractivity contribution is 5.97. The smallest absolute Gasteiger partial charge is 0.256 e. The number of carbonyl (C=O) groups excluding carboxylic acids is 1. The third-order valence-electron chi connectivity index (χ3n) is 2.97. The number of carbonyl (C=O) groups is 1. The summed E-state index contributed by atoms with van der Waals surface area (Å²) in [5.74, 6) is -0.195. The molecule has 0 saturated heterocycles. The first-order valence-electron chi connectivity index (χ1n) is 5.73. The molecular weight excluding hydrogens is 218 g/mol. The lowest BCUT2D eigenvalue weighted by Gasteiger charge is -2.23. The number of anilines is 1. The summed E-state index contributed by atoms with van der Waals surface area (Å²) in [6.07, 6.45) is -0.129. The van der Waals surface area contributed by atoms with Gasteiger partial charge in [-0.3, -0.25) is 4.79 Å². The van der Waals surface area contributed by atoms with E-state index in [1.54, 1.807) is 19.9 Å². The molecule has 0 fully saturated rings. The Bertz CT molecular complexity index is 428. The molecule has 0 bridgehead atoms. The molecule has 2 N–H and O–H groups in total. The van der Waals surface area contributed by atoms with Crippen LogP contribution in [0, 0.1) is 0 Å². The molecular formula is C13H17NO3. The average Bonchev–Trinajstić information content (AvgIpc) is 2.31. The highest BCUT2D eigenvalue weighted by Crippen LogP contribution is 2.28. The van der Waals surface area contributed by atoms with Gasteiger partial charge in [-0.1, -0.05) is 18.2 Å². The molecule has 2 rings (SSSR count). The second kappa shape index (κ2) is 4.47. The first-order chi connectivity index (χ1) is 8.00. The Morgan fingerprint density at radius 2 is 2.12 bits per heavy atom. The van der Waals surface area contributed by atoms with Crippen molar-refractivity contribution >= 4 is 11.6 Å². The molecule has 1 aliphatic heterocycles. The number of ether oxygens (including phenoxy) is 1. The van der Waals surface area contributed by atoms with Crippen molar-refractivity contribution in [2.75, 3.05) is 11.9 Å². The summed E-state index contributed by atoms with van der Waals surface area (Å²) < 4.78 is 5.49. The quantitative estimate of drug-likeness (QED) is 0.721. The molecule has 1 unspecified atom stereocenters. The second-order valence-electron chi connectivity index (χ2n) is 4.70. The molecule has 4 nitrogen and oxygen atoms in total. The molecule has 1 atom stereocenters. The lowest BCUT2D eigenvalue weighted by atomic mass is 10.0. The summed E-state index contributed by atoms with van der Waals surface area (Å²) in [5, 5.41) is 12.8. The zero-order valence-corrected chi connectivity index (χ0v) is 10.1. The SMILES string of the molecule is CC1(C)OCCC(O)c2ccccc2NC1=O. The normalized spacial score (nSPS) is 23.9.